The molecule has 1 aliphatic rings. The molecule has 0 radical (unpaired) electrons. The van der Waals surface area contributed by atoms with Gasteiger partial charge in [0.05, 0.1) is 12.2 Å². The van der Waals surface area contributed by atoms with Crippen LogP contribution in [0.3, 0.4) is 0 Å². The molecule has 3 heteroatoms. The van der Waals surface area contributed by atoms with Gasteiger partial charge in [-0.05, 0) is 18.1 Å². The van der Waals surface area contributed by atoms with Crippen molar-refractivity contribution in [3.8, 4) is 0 Å². The molecule has 1 aliphatic heterocycles. The monoisotopic (exact) mass is 243 g/mol. The summed E-state index contributed by atoms with van der Waals surface area (Å²) in [5.74, 6) is 0.428. The summed E-state index contributed by atoms with van der Waals surface area (Å²) in [5.41, 5.74) is 4.56. The SMILES string of the molecule is CC(C)c1cc(C2=CC(C(C)(C)C)=NC2)ncn1. The molecule has 1 aromatic rings. The van der Waals surface area contributed by atoms with Gasteiger partial charge in [-0.2, -0.15) is 0 Å². The third-order valence-corrected chi connectivity index (χ3v) is 3.11. The van der Waals surface area contributed by atoms with Crippen LogP contribution < -0.4 is 0 Å². The van der Waals surface area contributed by atoms with E-state index in [2.05, 4.69) is 61.7 Å². The number of aliphatic imine (C=N–C) groups is 1. The van der Waals surface area contributed by atoms with E-state index in [0.29, 0.717) is 5.92 Å². The van der Waals surface area contributed by atoms with E-state index in [1.165, 1.54) is 5.57 Å². The standard InChI is InChI=1S/C15H21N3/c1-10(2)12-7-13(18-9-17-12)11-6-14(16-8-11)15(3,4)5/h6-7,9-10H,8H2,1-5H3. The molecule has 2 heterocycles. The van der Waals surface area contributed by atoms with E-state index in [1.54, 1.807) is 6.33 Å². The quantitative estimate of drug-likeness (QED) is 0.797. The molecule has 2 rings (SSSR count). The molecule has 0 fully saturated rings. The molecule has 0 atom stereocenters. The highest BCUT2D eigenvalue weighted by Crippen LogP contribution is 2.26. The van der Waals surface area contributed by atoms with E-state index in [-0.39, 0.29) is 5.41 Å². The molecular formula is C15H21N3. The van der Waals surface area contributed by atoms with Gasteiger partial charge in [-0.1, -0.05) is 34.6 Å². The fourth-order valence-electron chi connectivity index (χ4n) is 1.90. The number of hydrogen-bond donors (Lipinski definition) is 0. The summed E-state index contributed by atoms with van der Waals surface area (Å²) in [7, 11) is 0. The van der Waals surface area contributed by atoms with Crippen molar-refractivity contribution in [2.45, 2.75) is 40.5 Å². The molecule has 96 valence electrons. The molecule has 0 bridgehead atoms. The van der Waals surface area contributed by atoms with Gasteiger partial charge >= 0.3 is 0 Å². The van der Waals surface area contributed by atoms with E-state index in [1.807, 2.05) is 0 Å². The van der Waals surface area contributed by atoms with Gasteiger partial charge in [-0.25, -0.2) is 9.97 Å². The smallest absolute Gasteiger partial charge is 0.116 e. The first-order valence-electron chi connectivity index (χ1n) is 6.46. The molecular weight excluding hydrogens is 222 g/mol. The minimum Gasteiger partial charge on any atom is -0.284 e. The van der Waals surface area contributed by atoms with Crippen LogP contribution >= 0.6 is 0 Å². The first-order valence-corrected chi connectivity index (χ1v) is 6.46. The molecule has 0 saturated carbocycles. The van der Waals surface area contributed by atoms with Crippen LogP contribution in [-0.2, 0) is 0 Å². The molecule has 0 N–H and O–H groups in total. The topological polar surface area (TPSA) is 38.1 Å². The lowest BCUT2D eigenvalue weighted by molar-refractivity contribution is 0.594. The summed E-state index contributed by atoms with van der Waals surface area (Å²) in [6, 6.07) is 2.08. The third-order valence-electron chi connectivity index (χ3n) is 3.11. The first kappa shape index (κ1) is 12.9. The van der Waals surface area contributed by atoms with Crippen molar-refractivity contribution in [3.05, 3.63) is 29.9 Å². The molecule has 1 aromatic heterocycles. The second-order valence-electron chi connectivity index (χ2n) is 6.10. The summed E-state index contributed by atoms with van der Waals surface area (Å²) in [4.78, 5) is 13.3. The summed E-state index contributed by atoms with van der Waals surface area (Å²) in [6.07, 6.45) is 3.83. The number of rotatable bonds is 2. The summed E-state index contributed by atoms with van der Waals surface area (Å²) in [6.45, 7) is 11.6. The Labute approximate surface area is 109 Å². The minimum absolute atomic E-state index is 0.107. The zero-order valence-corrected chi connectivity index (χ0v) is 11.9. The summed E-state index contributed by atoms with van der Waals surface area (Å²) < 4.78 is 0. The lowest BCUT2D eigenvalue weighted by Gasteiger charge is -2.16. The Morgan fingerprint density at radius 3 is 2.44 bits per heavy atom. The van der Waals surface area contributed by atoms with Gasteiger partial charge in [-0.3, -0.25) is 4.99 Å². The maximum Gasteiger partial charge on any atom is 0.116 e. The fraction of sp³-hybridized carbons (Fsp3) is 0.533. The average Bonchev–Trinajstić information content (AvgIpc) is 2.78. The normalized spacial score (nSPS) is 15.9. The molecule has 0 spiro atoms. The van der Waals surface area contributed by atoms with E-state index >= 15 is 0 Å². The van der Waals surface area contributed by atoms with E-state index in [9.17, 15) is 0 Å². The van der Waals surface area contributed by atoms with Crippen molar-refractivity contribution in [2.24, 2.45) is 10.4 Å². The maximum atomic E-state index is 4.60. The van der Waals surface area contributed by atoms with Crippen molar-refractivity contribution in [2.75, 3.05) is 6.54 Å². The fourth-order valence-corrected chi connectivity index (χ4v) is 1.90. The Bertz CT molecular complexity index is 505. The van der Waals surface area contributed by atoms with Crippen molar-refractivity contribution < 1.29 is 0 Å². The van der Waals surface area contributed by atoms with Gasteiger partial charge in [-0.15, -0.1) is 0 Å². The third kappa shape index (κ3) is 2.66. The van der Waals surface area contributed by atoms with Crippen LogP contribution in [0.15, 0.2) is 23.5 Å². The Morgan fingerprint density at radius 2 is 1.89 bits per heavy atom. The molecule has 0 aliphatic carbocycles. The van der Waals surface area contributed by atoms with Gasteiger partial charge in [0, 0.05) is 22.4 Å². The van der Waals surface area contributed by atoms with Gasteiger partial charge in [0.25, 0.3) is 0 Å². The van der Waals surface area contributed by atoms with Crippen LogP contribution in [0.5, 0.6) is 0 Å². The van der Waals surface area contributed by atoms with Crippen molar-refractivity contribution in [1.29, 1.82) is 0 Å². The van der Waals surface area contributed by atoms with Gasteiger partial charge < -0.3 is 0 Å². The zero-order valence-electron chi connectivity index (χ0n) is 11.9. The lowest BCUT2D eigenvalue weighted by atomic mass is 9.89. The lowest BCUT2D eigenvalue weighted by Crippen LogP contribution is -2.16. The Hall–Kier alpha value is -1.51. The van der Waals surface area contributed by atoms with Gasteiger partial charge in [0.15, 0.2) is 0 Å². The van der Waals surface area contributed by atoms with Crippen LogP contribution in [0.2, 0.25) is 0 Å². The highest BCUT2D eigenvalue weighted by Gasteiger charge is 2.22. The number of hydrogen-bond acceptors (Lipinski definition) is 3. The van der Waals surface area contributed by atoms with Crippen molar-refractivity contribution >= 4 is 11.3 Å². The van der Waals surface area contributed by atoms with E-state index in [4.69, 9.17) is 0 Å². The summed E-state index contributed by atoms with van der Waals surface area (Å²) >= 11 is 0. The second kappa shape index (κ2) is 4.63. The Balaban J connectivity index is 2.28. The predicted molar refractivity (Wildman–Crippen MR) is 75.9 cm³/mol. The highest BCUT2D eigenvalue weighted by atomic mass is 14.9. The first-order chi connectivity index (χ1) is 8.38. The molecule has 0 amide bonds. The van der Waals surface area contributed by atoms with Crippen LogP contribution in [0, 0.1) is 5.41 Å². The van der Waals surface area contributed by atoms with Crippen LogP contribution in [-0.4, -0.2) is 22.2 Å². The predicted octanol–water partition coefficient (Wildman–Crippen LogP) is 3.48. The average molecular weight is 243 g/mol. The Kier molecular flexibility index (Phi) is 3.33. The molecule has 0 unspecified atom stereocenters. The zero-order chi connectivity index (χ0) is 13.3. The van der Waals surface area contributed by atoms with Crippen LogP contribution in [0.4, 0.5) is 0 Å². The largest absolute Gasteiger partial charge is 0.284 e. The highest BCUT2D eigenvalue weighted by molar-refractivity contribution is 6.07. The number of aromatic nitrogens is 2. The Morgan fingerprint density at radius 1 is 1.17 bits per heavy atom. The number of nitrogens with zero attached hydrogens (tertiary/aromatic N) is 3. The molecule has 0 saturated heterocycles. The van der Waals surface area contributed by atoms with E-state index in [0.717, 1.165) is 23.6 Å². The minimum atomic E-state index is 0.107. The molecule has 0 aromatic carbocycles. The van der Waals surface area contributed by atoms with Crippen LogP contribution in [0.25, 0.3) is 5.57 Å². The van der Waals surface area contributed by atoms with Gasteiger partial charge in [0.1, 0.15) is 6.33 Å². The second-order valence-corrected chi connectivity index (χ2v) is 6.10. The van der Waals surface area contributed by atoms with E-state index < -0.39 is 0 Å². The van der Waals surface area contributed by atoms with Crippen molar-refractivity contribution in [1.82, 2.24) is 9.97 Å². The number of allylic oxidation sites excluding steroid dienone is 1. The van der Waals surface area contributed by atoms with Gasteiger partial charge in [0.2, 0.25) is 0 Å². The van der Waals surface area contributed by atoms with Crippen LogP contribution in [0.1, 0.15) is 51.9 Å². The maximum absolute atomic E-state index is 4.60. The summed E-state index contributed by atoms with van der Waals surface area (Å²) in [5, 5.41) is 0. The van der Waals surface area contributed by atoms with Crippen molar-refractivity contribution in [3.63, 3.8) is 0 Å². The molecule has 3 nitrogen and oxygen atoms in total. The molecule has 18 heavy (non-hydrogen) atoms.